The van der Waals surface area contributed by atoms with E-state index in [4.69, 9.17) is 8.92 Å². The monoisotopic (exact) mass is 196 g/mol. The minimum absolute atomic E-state index is 0.284. The van der Waals surface area contributed by atoms with E-state index in [0.717, 1.165) is 18.1 Å². The predicted molar refractivity (Wildman–Crippen MR) is 52.7 cm³/mol. The van der Waals surface area contributed by atoms with Crippen LogP contribution in [-0.4, -0.2) is 19.3 Å². The summed E-state index contributed by atoms with van der Waals surface area (Å²) in [6.45, 7) is 3.55. The van der Waals surface area contributed by atoms with E-state index < -0.39 is 0 Å². The Kier molecular flexibility index (Phi) is 2.88. The van der Waals surface area contributed by atoms with Crippen LogP contribution >= 0.6 is 12.0 Å². The van der Waals surface area contributed by atoms with Gasteiger partial charge in [0.05, 0.1) is 13.2 Å². The van der Waals surface area contributed by atoms with Crippen LogP contribution in [-0.2, 0) is 8.92 Å². The van der Waals surface area contributed by atoms with Crippen molar-refractivity contribution in [1.82, 2.24) is 0 Å². The Hall–Kier alpha value is -0.510. The zero-order valence-corrected chi connectivity index (χ0v) is 8.34. The molecule has 3 heteroatoms. The Bertz CT molecular complexity index is 267. The molecule has 0 aromatic heterocycles. The van der Waals surface area contributed by atoms with Gasteiger partial charge in [-0.05, 0) is 19.1 Å². The highest BCUT2D eigenvalue weighted by molar-refractivity contribution is 7.94. The second kappa shape index (κ2) is 4.13. The Morgan fingerprint density at radius 1 is 1.31 bits per heavy atom. The molecular formula is C10H12O2S. The van der Waals surface area contributed by atoms with Crippen molar-refractivity contribution in [3.8, 4) is 0 Å². The van der Waals surface area contributed by atoms with Gasteiger partial charge in [-0.2, -0.15) is 0 Å². The molecule has 13 heavy (non-hydrogen) atoms. The number of aryl methyl sites for hydroxylation is 1. The first-order chi connectivity index (χ1) is 6.34. The minimum Gasteiger partial charge on any atom is -0.376 e. The van der Waals surface area contributed by atoms with Gasteiger partial charge in [-0.3, -0.25) is 0 Å². The fourth-order valence-electron chi connectivity index (χ4n) is 0.987. The van der Waals surface area contributed by atoms with Crippen molar-refractivity contribution in [1.29, 1.82) is 0 Å². The minimum atomic E-state index is 0.284. The highest BCUT2D eigenvalue weighted by Crippen LogP contribution is 2.23. The van der Waals surface area contributed by atoms with Gasteiger partial charge in [0, 0.05) is 16.9 Å². The molecule has 0 amide bonds. The van der Waals surface area contributed by atoms with Crippen LogP contribution in [0.15, 0.2) is 29.2 Å². The first kappa shape index (κ1) is 9.06. The van der Waals surface area contributed by atoms with Gasteiger partial charge in [0.15, 0.2) is 0 Å². The van der Waals surface area contributed by atoms with Crippen molar-refractivity contribution < 1.29 is 8.92 Å². The highest BCUT2D eigenvalue weighted by Gasteiger charge is 2.19. The van der Waals surface area contributed by atoms with Crippen LogP contribution in [0.3, 0.4) is 0 Å². The molecule has 1 saturated heterocycles. The molecule has 0 N–H and O–H groups in total. The Balaban J connectivity index is 1.83. The summed E-state index contributed by atoms with van der Waals surface area (Å²) in [7, 11) is 0. The fraction of sp³-hybridized carbons (Fsp3) is 0.400. The van der Waals surface area contributed by atoms with Crippen LogP contribution in [0.5, 0.6) is 0 Å². The summed E-state index contributed by atoms with van der Waals surface area (Å²) in [5.74, 6) is 0. The fourth-order valence-corrected chi connectivity index (χ4v) is 1.59. The lowest BCUT2D eigenvalue weighted by atomic mass is 10.2. The van der Waals surface area contributed by atoms with Gasteiger partial charge in [0.1, 0.15) is 6.10 Å². The normalized spacial score (nSPS) is 17.0. The van der Waals surface area contributed by atoms with Crippen molar-refractivity contribution in [2.75, 3.05) is 13.2 Å². The number of hydrogen-bond acceptors (Lipinski definition) is 3. The average molecular weight is 196 g/mol. The van der Waals surface area contributed by atoms with E-state index in [-0.39, 0.29) is 6.10 Å². The maximum Gasteiger partial charge on any atom is 0.119 e. The molecule has 1 aliphatic heterocycles. The topological polar surface area (TPSA) is 18.5 Å². The SMILES string of the molecule is Cc1ccc(SOC2COC2)cc1. The molecule has 2 rings (SSSR count). The van der Waals surface area contributed by atoms with E-state index in [0.29, 0.717) is 0 Å². The van der Waals surface area contributed by atoms with E-state index >= 15 is 0 Å². The van der Waals surface area contributed by atoms with Crippen LogP contribution in [0.4, 0.5) is 0 Å². The van der Waals surface area contributed by atoms with Crippen molar-refractivity contribution >= 4 is 12.0 Å². The molecule has 0 spiro atoms. The molecule has 1 aliphatic rings. The first-order valence-corrected chi connectivity index (χ1v) is 5.06. The molecule has 0 radical (unpaired) electrons. The average Bonchev–Trinajstić information content (AvgIpc) is 2.05. The second-order valence-corrected chi connectivity index (χ2v) is 3.98. The zero-order chi connectivity index (χ0) is 9.10. The summed E-state index contributed by atoms with van der Waals surface area (Å²) in [4.78, 5) is 1.15. The van der Waals surface area contributed by atoms with Gasteiger partial charge in [-0.25, -0.2) is 0 Å². The molecule has 0 saturated carbocycles. The molecule has 0 atom stereocenters. The Labute approximate surface area is 82.4 Å². The van der Waals surface area contributed by atoms with Crippen LogP contribution in [0.25, 0.3) is 0 Å². The maximum absolute atomic E-state index is 5.50. The molecule has 0 unspecified atom stereocenters. The van der Waals surface area contributed by atoms with E-state index in [1.165, 1.54) is 17.6 Å². The van der Waals surface area contributed by atoms with Gasteiger partial charge < -0.3 is 8.92 Å². The third-order valence-electron chi connectivity index (χ3n) is 1.91. The van der Waals surface area contributed by atoms with Gasteiger partial charge in [-0.15, -0.1) is 0 Å². The zero-order valence-electron chi connectivity index (χ0n) is 7.53. The molecule has 1 aromatic carbocycles. The van der Waals surface area contributed by atoms with Crippen molar-refractivity contribution in [3.05, 3.63) is 29.8 Å². The summed E-state index contributed by atoms with van der Waals surface area (Å²) in [6.07, 6.45) is 0.284. The summed E-state index contributed by atoms with van der Waals surface area (Å²) < 4.78 is 10.5. The van der Waals surface area contributed by atoms with Gasteiger partial charge in [-0.1, -0.05) is 17.7 Å². The molecular weight excluding hydrogens is 184 g/mol. The van der Waals surface area contributed by atoms with E-state index in [9.17, 15) is 0 Å². The number of benzene rings is 1. The quantitative estimate of drug-likeness (QED) is 0.692. The van der Waals surface area contributed by atoms with Crippen LogP contribution < -0.4 is 0 Å². The molecule has 1 fully saturated rings. The lowest BCUT2D eigenvalue weighted by molar-refractivity contribution is -0.0715. The largest absolute Gasteiger partial charge is 0.376 e. The van der Waals surface area contributed by atoms with Crippen molar-refractivity contribution in [2.24, 2.45) is 0 Å². The third kappa shape index (κ3) is 2.46. The van der Waals surface area contributed by atoms with E-state index in [1.54, 1.807) is 0 Å². The molecule has 2 nitrogen and oxygen atoms in total. The highest BCUT2D eigenvalue weighted by atomic mass is 32.2. The van der Waals surface area contributed by atoms with Gasteiger partial charge in [0.25, 0.3) is 0 Å². The molecule has 1 aromatic rings. The molecule has 1 heterocycles. The van der Waals surface area contributed by atoms with Crippen LogP contribution in [0, 0.1) is 6.92 Å². The smallest absolute Gasteiger partial charge is 0.119 e. The van der Waals surface area contributed by atoms with Gasteiger partial charge >= 0.3 is 0 Å². The lowest BCUT2D eigenvalue weighted by Gasteiger charge is -2.24. The number of rotatable bonds is 3. The lowest BCUT2D eigenvalue weighted by Crippen LogP contribution is -2.34. The van der Waals surface area contributed by atoms with Gasteiger partial charge in [0.2, 0.25) is 0 Å². The summed E-state index contributed by atoms with van der Waals surface area (Å²) in [5.41, 5.74) is 1.27. The predicted octanol–water partition coefficient (Wildman–Crippen LogP) is 2.42. The Morgan fingerprint density at radius 3 is 2.54 bits per heavy atom. The second-order valence-electron chi connectivity index (χ2n) is 3.15. The summed E-state index contributed by atoms with van der Waals surface area (Å²) >= 11 is 1.43. The molecule has 0 bridgehead atoms. The molecule has 70 valence electrons. The maximum atomic E-state index is 5.50. The molecule has 0 aliphatic carbocycles. The third-order valence-corrected chi connectivity index (χ3v) is 2.74. The van der Waals surface area contributed by atoms with E-state index in [1.807, 2.05) is 0 Å². The summed E-state index contributed by atoms with van der Waals surface area (Å²) in [6, 6.07) is 8.31. The van der Waals surface area contributed by atoms with Crippen LogP contribution in [0.2, 0.25) is 0 Å². The number of hydrogen-bond donors (Lipinski definition) is 0. The van der Waals surface area contributed by atoms with Crippen LogP contribution in [0.1, 0.15) is 5.56 Å². The van der Waals surface area contributed by atoms with Crippen molar-refractivity contribution in [2.45, 2.75) is 17.9 Å². The van der Waals surface area contributed by atoms with E-state index in [2.05, 4.69) is 31.2 Å². The first-order valence-electron chi connectivity index (χ1n) is 4.32. The number of ether oxygens (including phenoxy) is 1. The summed E-state index contributed by atoms with van der Waals surface area (Å²) in [5, 5.41) is 0. The Morgan fingerprint density at radius 2 is 2.00 bits per heavy atom. The van der Waals surface area contributed by atoms with Crippen molar-refractivity contribution in [3.63, 3.8) is 0 Å². The standard InChI is InChI=1S/C10H12O2S/c1-8-2-4-10(5-3-8)13-12-9-6-11-7-9/h2-5,9H,6-7H2,1H3.